The molecular formula is C3H5BrSn. The van der Waals surface area contributed by atoms with Crippen LogP contribution in [0.15, 0.2) is 11.1 Å². The van der Waals surface area contributed by atoms with E-state index >= 15 is 0 Å². The van der Waals surface area contributed by atoms with E-state index in [1.54, 1.807) is 0 Å². The van der Waals surface area contributed by atoms with Gasteiger partial charge >= 0.3 is 54.0 Å². The summed E-state index contributed by atoms with van der Waals surface area (Å²) in [6, 6.07) is 0. The van der Waals surface area contributed by atoms with Crippen LogP contribution < -0.4 is 0 Å². The molecular weight excluding hydrogens is 235 g/mol. The zero-order valence-electron chi connectivity index (χ0n) is 2.82. The molecule has 0 aliphatic carbocycles. The second-order valence-corrected chi connectivity index (χ2v) is 2.47. The maximum atomic E-state index is 3.15. The van der Waals surface area contributed by atoms with Crippen molar-refractivity contribution in [2.24, 2.45) is 0 Å². The van der Waals surface area contributed by atoms with Crippen molar-refractivity contribution in [3.63, 3.8) is 0 Å². The van der Waals surface area contributed by atoms with E-state index in [9.17, 15) is 0 Å². The van der Waals surface area contributed by atoms with Gasteiger partial charge in [-0.3, -0.25) is 0 Å². The van der Waals surface area contributed by atoms with Crippen LogP contribution in [0.4, 0.5) is 0 Å². The summed E-state index contributed by atoms with van der Waals surface area (Å²) in [4.78, 5) is 1.90. The van der Waals surface area contributed by atoms with Gasteiger partial charge in [0, 0.05) is 0 Å². The van der Waals surface area contributed by atoms with Crippen molar-refractivity contribution in [3.8, 4) is 0 Å². The summed E-state index contributed by atoms with van der Waals surface area (Å²) >= 11 is 4.48. The molecule has 5 heavy (non-hydrogen) atoms. The molecule has 0 rings (SSSR count). The summed E-state index contributed by atoms with van der Waals surface area (Å²) in [6.07, 6.45) is 2.10. The third kappa shape index (κ3) is 5.02. The molecule has 0 saturated heterocycles. The summed E-state index contributed by atoms with van der Waals surface area (Å²) in [5, 5.41) is 0. The number of rotatable bonds is 1. The molecule has 0 fully saturated rings. The van der Waals surface area contributed by atoms with E-state index in [2.05, 4.69) is 22.0 Å². The summed E-state index contributed by atoms with van der Waals surface area (Å²) < 4.78 is 1.25. The average molecular weight is 240 g/mol. The first-order chi connectivity index (χ1) is 2.41. The van der Waals surface area contributed by atoms with Crippen LogP contribution in [-0.4, -0.2) is 22.5 Å². The molecule has 0 aromatic heterocycles. The monoisotopic (exact) mass is 240 g/mol. The van der Waals surface area contributed by atoms with Crippen LogP contribution in [0, 0.1) is 0 Å². The van der Waals surface area contributed by atoms with Gasteiger partial charge in [0.1, 0.15) is 0 Å². The van der Waals surface area contributed by atoms with E-state index in [1.165, 1.54) is 27.0 Å². The average Bonchev–Trinajstić information content (AvgIpc) is 1.41. The standard InChI is InChI=1S/C3H4Br.Sn.H/c1-2-3-4;;/h2-3H,1H2;;. The van der Waals surface area contributed by atoms with Crippen molar-refractivity contribution in [2.45, 2.75) is 4.44 Å². The molecule has 0 heterocycles. The van der Waals surface area contributed by atoms with Crippen molar-refractivity contribution >= 4 is 38.5 Å². The van der Waals surface area contributed by atoms with E-state index in [4.69, 9.17) is 0 Å². The minimum atomic E-state index is 1.25. The van der Waals surface area contributed by atoms with Crippen LogP contribution in [0.1, 0.15) is 0 Å². The fourth-order valence-electron chi connectivity index (χ4n) is 0.0514. The molecule has 0 unspecified atom stereocenters. The predicted molar refractivity (Wildman–Crippen MR) is 30.0 cm³/mol. The molecule has 0 aliphatic rings. The van der Waals surface area contributed by atoms with Gasteiger partial charge in [-0.25, -0.2) is 0 Å². The number of hydrogen-bond acceptors (Lipinski definition) is 0. The Kier molecular flexibility index (Phi) is 6.04. The molecule has 2 heteroatoms. The van der Waals surface area contributed by atoms with E-state index in [-0.39, 0.29) is 0 Å². The maximum absolute atomic E-state index is 3.15. The van der Waals surface area contributed by atoms with Gasteiger partial charge in [-0.15, -0.1) is 0 Å². The second kappa shape index (κ2) is 5.02. The first kappa shape index (κ1) is 6.02. The Bertz CT molecular complexity index is 33.9. The van der Waals surface area contributed by atoms with Crippen LogP contribution in [0.3, 0.4) is 0 Å². The van der Waals surface area contributed by atoms with Gasteiger partial charge in [-0.1, -0.05) is 0 Å². The van der Waals surface area contributed by atoms with Gasteiger partial charge in [-0.05, 0) is 0 Å². The van der Waals surface area contributed by atoms with Crippen molar-refractivity contribution in [1.29, 1.82) is 0 Å². The molecule has 0 amide bonds. The third-order valence-electron chi connectivity index (χ3n) is 0.225. The predicted octanol–water partition coefficient (Wildman–Crippen LogP) is 1.21. The van der Waals surface area contributed by atoms with E-state index in [1.807, 2.05) is 4.99 Å². The summed E-state index contributed by atoms with van der Waals surface area (Å²) in [5.74, 6) is 0. The van der Waals surface area contributed by atoms with Gasteiger partial charge in [0.25, 0.3) is 0 Å². The van der Waals surface area contributed by atoms with Crippen LogP contribution in [0.25, 0.3) is 0 Å². The normalized spacial score (nSPS) is 10.0. The van der Waals surface area contributed by atoms with Gasteiger partial charge < -0.3 is 0 Å². The molecule has 0 bridgehead atoms. The SMILES string of the molecule is BrC=C[CH2][SnH]. The first-order valence-corrected chi connectivity index (χ1v) is 4.61. The topological polar surface area (TPSA) is 0 Å². The van der Waals surface area contributed by atoms with E-state index < -0.39 is 0 Å². The Labute approximate surface area is 53.9 Å². The van der Waals surface area contributed by atoms with Gasteiger partial charge in [0.15, 0.2) is 0 Å². The fourth-order valence-corrected chi connectivity index (χ4v) is 1.79. The molecule has 0 spiro atoms. The Hall–Kier alpha value is 1.02. The third-order valence-corrected chi connectivity index (χ3v) is 1.38. The molecule has 2 radical (unpaired) electrons. The first-order valence-electron chi connectivity index (χ1n) is 1.37. The summed E-state index contributed by atoms with van der Waals surface area (Å²) in [5.41, 5.74) is 0. The molecule has 0 saturated carbocycles. The van der Waals surface area contributed by atoms with Gasteiger partial charge in [-0.2, -0.15) is 0 Å². The summed E-state index contributed by atoms with van der Waals surface area (Å²) in [7, 11) is 0. The minimum absolute atomic E-state index is 1.25. The quantitative estimate of drug-likeness (QED) is 0.604. The molecule has 0 aromatic rings. The Morgan fingerprint density at radius 1 is 1.80 bits per heavy atom. The van der Waals surface area contributed by atoms with Gasteiger partial charge in [0.05, 0.1) is 0 Å². The van der Waals surface area contributed by atoms with Crippen LogP contribution in [-0.2, 0) is 0 Å². The van der Waals surface area contributed by atoms with Crippen molar-refractivity contribution in [2.75, 3.05) is 0 Å². The van der Waals surface area contributed by atoms with Gasteiger partial charge in [0.2, 0.25) is 0 Å². The van der Waals surface area contributed by atoms with Crippen molar-refractivity contribution in [3.05, 3.63) is 11.1 Å². The number of hydrogen-bond donors (Lipinski definition) is 0. The zero-order valence-corrected chi connectivity index (χ0v) is 7.70. The number of halogens is 1. The summed E-state index contributed by atoms with van der Waals surface area (Å²) in [6.45, 7) is 0. The van der Waals surface area contributed by atoms with E-state index in [0.717, 1.165) is 0 Å². The molecule has 0 aromatic carbocycles. The van der Waals surface area contributed by atoms with Crippen LogP contribution in [0.2, 0.25) is 4.44 Å². The van der Waals surface area contributed by atoms with E-state index in [0.29, 0.717) is 0 Å². The Morgan fingerprint density at radius 2 is 2.40 bits per heavy atom. The Morgan fingerprint density at radius 3 is 2.40 bits per heavy atom. The molecule has 28 valence electrons. The molecule has 0 aliphatic heterocycles. The van der Waals surface area contributed by atoms with Crippen molar-refractivity contribution < 1.29 is 0 Å². The fraction of sp³-hybridized carbons (Fsp3) is 0.333. The molecule has 0 N–H and O–H groups in total. The van der Waals surface area contributed by atoms with Crippen molar-refractivity contribution in [1.82, 2.24) is 0 Å². The number of allylic oxidation sites excluding steroid dienone is 1. The Balaban J connectivity index is 2.62. The van der Waals surface area contributed by atoms with Crippen LogP contribution >= 0.6 is 15.9 Å². The second-order valence-electron chi connectivity index (χ2n) is 0.597. The molecule has 0 nitrogen and oxygen atoms in total. The zero-order chi connectivity index (χ0) is 4.12. The molecule has 0 atom stereocenters. The van der Waals surface area contributed by atoms with Crippen LogP contribution in [0.5, 0.6) is 0 Å².